The Balaban J connectivity index is 1.71. The van der Waals surface area contributed by atoms with Crippen molar-refractivity contribution in [3.05, 3.63) is 59.4 Å². The molecule has 4 aromatic rings. The van der Waals surface area contributed by atoms with Crippen molar-refractivity contribution in [2.45, 2.75) is 0 Å². The lowest BCUT2D eigenvalue weighted by molar-refractivity contribution is 0.398. The number of pyridine rings is 1. The fourth-order valence-corrected chi connectivity index (χ4v) is 2.41. The van der Waals surface area contributed by atoms with E-state index in [0.717, 1.165) is 0 Å². The summed E-state index contributed by atoms with van der Waals surface area (Å²) in [6.07, 6.45) is 2.94. The van der Waals surface area contributed by atoms with Gasteiger partial charge in [0.2, 0.25) is 17.8 Å². The number of fused-ring (bicyclic) bond motifs is 1. The highest BCUT2D eigenvalue weighted by Gasteiger charge is 2.11. The molecule has 0 aliphatic heterocycles. The van der Waals surface area contributed by atoms with Crippen molar-refractivity contribution in [2.75, 3.05) is 12.4 Å². The van der Waals surface area contributed by atoms with Gasteiger partial charge in [-0.1, -0.05) is 12.1 Å². The van der Waals surface area contributed by atoms with Crippen LogP contribution in [-0.2, 0) is 0 Å². The molecule has 3 aromatic heterocycles. The Kier molecular flexibility index (Phi) is 3.58. The minimum atomic E-state index is -0.315. The van der Waals surface area contributed by atoms with Gasteiger partial charge in [-0.15, -0.1) is 0 Å². The molecule has 0 atom stereocenters. The Morgan fingerprint density at radius 1 is 1.12 bits per heavy atom. The first-order valence-electron chi connectivity index (χ1n) is 7.41. The first-order valence-corrected chi connectivity index (χ1v) is 7.41. The molecule has 1 aromatic carbocycles. The summed E-state index contributed by atoms with van der Waals surface area (Å²) in [4.78, 5) is 31.6. The highest BCUT2D eigenvalue weighted by atomic mass is 16.5. The number of H-pyrrole nitrogens is 1. The third kappa shape index (κ3) is 2.78. The van der Waals surface area contributed by atoms with E-state index in [1.807, 2.05) is 24.3 Å². The summed E-state index contributed by atoms with van der Waals surface area (Å²) in [5.41, 5.74) is 1.77. The van der Waals surface area contributed by atoms with E-state index in [4.69, 9.17) is 4.74 Å². The van der Waals surface area contributed by atoms with Gasteiger partial charge < -0.3 is 15.0 Å². The van der Waals surface area contributed by atoms with E-state index in [2.05, 4.69) is 30.2 Å². The zero-order valence-corrected chi connectivity index (χ0v) is 13.2. The van der Waals surface area contributed by atoms with Crippen molar-refractivity contribution >= 4 is 22.7 Å². The van der Waals surface area contributed by atoms with E-state index in [-0.39, 0.29) is 11.6 Å². The summed E-state index contributed by atoms with van der Waals surface area (Å²) in [7, 11) is 1.55. The molecule has 4 rings (SSSR count). The third-order valence-corrected chi connectivity index (χ3v) is 3.55. The summed E-state index contributed by atoms with van der Waals surface area (Å²) in [6, 6.07) is 10.8. The van der Waals surface area contributed by atoms with Gasteiger partial charge in [-0.25, -0.2) is 24.3 Å². The molecule has 0 bridgehead atoms. The Bertz CT molecular complexity index is 1090. The average molecular weight is 335 g/mol. The molecule has 0 saturated carbocycles. The smallest absolute Gasteiger partial charge is 0.333 e. The highest BCUT2D eigenvalue weighted by molar-refractivity contribution is 5.76. The summed E-state index contributed by atoms with van der Waals surface area (Å²) < 4.78 is 6.42. The maximum atomic E-state index is 12.2. The van der Waals surface area contributed by atoms with Crippen LogP contribution in [0.4, 0.5) is 11.6 Å². The third-order valence-electron chi connectivity index (χ3n) is 3.55. The maximum Gasteiger partial charge on any atom is 0.333 e. The first-order chi connectivity index (χ1) is 12.2. The summed E-state index contributed by atoms with van der Waals surface area (Å²) in [5.74, 6) is 1.03. The van der Waals surface area contributed by atoms with Gasteiger partial charge in [0.1, 0.15) is 6.33 Å². The Morgan fingerprint density at radius 3 is 2.80 bits per heavy atom. The predicted molar refractivity (Wildman–Crippen MR) is 91.4 cm³/mol. The zero-order chi connectivity index (χ0) is 17.2. The lowest BCUT2D eigenvalue weighted by atomic mass is 10.3. The number of methoxy groups -OCH3 is 1. The molecule has 124 valence electrons. The molecule has 0 unspecified atom stereocenters. The minimum Gasteiger partial charge on any atom is -0.481 e. The van der Waals surface area contributed by atoms with Gasteiger partial charge in [0, 0.05) is 6.07 Å². The van der Waals surface area contributed by atoms with Gasteiger partial charge in [0.25, 0.3) is 0 Å². The van der Waals surface area contributed by atoms with Crippen molar-refractivity contribution in [3.8, 4) is 11.8 Å². The quantitative estimate of drug-likeness (QED) is 0.583. The number of aromatic nitrogens is 6. The second-order valence-corrected chi connectivity index (χ2v) is 5.11. The van der Waals surface area contributed by atoms with E-state index in [1.54, 1.807) is 25.4 Å². The number of hydrogen-bond donors (Lipinski definition) is 2. The largest absolute Gasteiger partial charge is 0.481 e. The Morgan fingerprint density at radius 2 is 2.00 bits per heavy atom. The normalized spacial score (nSPS) is 10.8. The number of aromatic amines is 1. The number of hydrogen-bond acceptors (Lipinski definition) is 7. The van der Waals surface area contributed by atoms with Gasteiger partial charge in [-0.3, -0.25) is 0 Å². The molecular weight excluding hydrogens is 322 g/mol. The number of nitrogens with one attached hydrogen (secondary N) is 2. The average Bonchev–Trinajstić information content (AvgIpc) is 2.98. The van der Waals surface area contributed by atoms with Crippen LogP contribution in [0.15, 0.2) is 53.7 Å². The lowest BCUT2D eigenvalue weighted by Crippen LogP contribution is -2.18. The molecule has 25 heavy (non-hydrogen) atoms. The second kappa shape index (κ2) is 6.04. The van der Waals surface area contributed by atoms with E-state index in [9.17, 15) is 4.79 Å². The van der Waals surface area contributed by atoms with Gasteiger partial charge >= 0.3 is 5.69 Å². The van der Waals surface area contributed by atoms with Crippen LogP contribution < -0.4 is 15.7 Å². The first kappa shape index (κ1) is 14.8. The molecule has 0 saturated heterocycles. The summed E-state index contributed by atoms with van der Waals surface area (Å²) >= 11 is 0. The molecule has 0 aliphatic carbocycles. The molecule has 3 heterocycles. The SMILES string of the molecule is COc1ccc(Nc2ncnc(-n3c(=O)[nH]c4ccccc43)n2)cn1. The summed E-state index contributed by atoms with van der Waals surface area (Å²) in [5, 5.41) is 3.02. The van der Waals surface area contributed by atoms with Crippen LogP contribution in [0.1, 0.15) is 0 Å². The minimum absolute atomic E-state index is 0.224. The molecule has 0 spiro atoms. The topological polar surface area (TPSA) is 111 Å². The van der Waals surface area contributed by atoms with E-state index in [0.29, 0.717) is 28.5 Å². The monoisotopic (exact) mass is 335 g/mol. The zero-order valence-electron chi connectivity index (χ0n) is 13.2. The second-order valence-electron chi connectivity index (χ2n) is 5.11. The van der Waals surface area contributed by atoms with Gasteiger partial charge in [-0.2, -0.15) is 4.98 Å². The standard InChI is InChI=1S/C16H13N7O2/c1-25-13-7-6-10(8-17-13)20-14-18-9-19-15(22-14)23-12-5-3-2-4-11(12)21-16(23)24/h2-9H,1H3,(H,21,24)(H,18,19,20,22). The van der Waals surface area contributed by atoms with Crippen molar-refractivity contribution in [2.24, 2.45) is 0 Å². The van der Waals surface area contributed by atoms with Gasteiger partial charge in [0.05, 0.1) is 30.0 Å². The van der Waals surface area contributed by atoms with Crippen molar-refractivity contribution in [1.82, 2.24) is 29.5 Å². The van der Waals surface area contributed by atoms with Gasteiger partial charge in [0.15, 0.2) is 0 Å². The molecule has 0 radical (unpaired) electrons. The van der Waals surface area contributed by atoms with Gasteiger partial charge in [-0.05, 0) is 18.2 Å². The molecule has 9 heteroatoms. The molecule has 0 amide bonds. The number of benzene rings is 1. The number of imidazole rings is 1. The van der Waals surface area contributed by atoms with Crippen molar-refractivity contribution < 1.29 is 4.74 Å². The van der Waals surface area contributed by atoms with E-state index in [1.165, 1.54) is 10.9 Å². The number of nitrogens with zero attached hydrogens (tertiary/aromatic N) is 5. The van der Waals surface area contributed by atoms with Crippen LogP contribution in [0, 0.1) is 0 Å². The Hall–Kier alpha value is -3.75. The molecule has 0 fully saturated rings. The number of ether oxygens (including phenoxy) is 1. The highest BCUT2D eigenvalue weighted by Crippen LogP contribution is 2.16. The number of rotatable bonds is 4. The van der Waals surface area contributed by atoms with Crippen LogP contribution in [0.3, 0.4) is 0 Å². The van der Waals surface area contributed by atoms with E-state index < -0.39 is 0 Å². The van der Waals surface area contributed by atoms with Crippen LogP contribution in [0.5, 0.6) is 5.88 Å². The molecule has 9 nitrogen and oxygen atoms in total. The van der Waals surface area contributed by atoms with E-state index >= 15 is 0 Å². The lowest BCUT2D eigenvalue weighted by Gasteiger charge is -2.06. The number of anilines is 2. The fourth-order valence-electron chi connectivity index (χ4n) is 2.41. The van der Waals surface area contributed by atoms with Crippen molar-refractivity contribution in [1.29, 1.82) is 0 Å². The predicted octanol–water partition coefficient (Wildman–Crippen LogP) is 1.65. The summed E-state index contributed by atoms with van der Waals surface area (Å²) in [6.45, 7) is 0. The Labute approximate surface area is 141 Å². The van der Waals surface area contributed by atoms with Crippen LogP contribution in [-0.4, -0.2) is 36.6 Å². The molecular formula is C16H13N7O2. The fraction of sp³-hybridized carbons (Fsp3) is 0.0625. The number of para-hydroxylation sites is 2. The van der Waals surface area contributed by atoms with Crippen LogP contribution >= 0.6 is 0 Å². The van der Waals surface area contributed by atoms with Crippen molar-refractivity contribution in [3.63, 3.8) is 0 Å². The molecule has 0 aliphatic rings. The van der Waals surface area contributed by atoms with Crippen LogP contribution in [0.25, 0.3) is 17.0 Å². The van der Waals surface area contributed by atoms with Crippen LogP contribution in [0.2, 0.25) is 0 Å². The maximum absolute atomic E-state index is 12.2. The molecule has 2 N–H and O–H groups in total.